The Morgan fingerprint density at radius 1 is 1.79 bits per heavy atom. The summed E-state index contributed by atoms with van der Waals surface area (Å²) in [4.78, 5) is 15.6. The van der Waals surface area contributed by atoms with Gasteiger partial charge in [-0.15, -0.1) is 12.6 Å². The van der Waals surface area contributed by atoms with Crippen LogP contribution in [-0.4, -0.2) is 17.6 Å². The van der Waals surface area contributed by atoms with Crippen LogP contribution in [0.5, 0.6) is 0 Å². The molecule has 0 spiro atoms. The molecule has 0 bridgehead atoms. The predicted octanol–water partition coefficient (Wildman–Crippen LogP) is 1.42. The molecule has 5 heteroatoms. The van der Waals surface area contributed by atoms with Crippen LogP contribution >= 0.6 is 12.6 Å². The number of nitrogens with zero attached hydrogens (tertiary/aromatic N) is 2. The lowest BCUT2D eigenvalue weighted by atomic mass is 10.2. The minimum Gasteiger partial charge on any atom is -0.462 e. The molecule has 0 fully saturated rings. The summed E-state index contributed by atoms with van der Waals surface area (Å²) in [5, 5.41) is 8.68. The van der Waals surface area contributed by atoms with Crippen molar-refractivity contribution in [2.45, 2.75) is 11.8 Å². The van der Waals surface area contributed by atoms with Gasteiger partial charge >= 0.3 is 5.97 Å². The molecule has 1 heterocycles. The van der Waals surface area contributed by atoms with Crippen LogP contribution in [0, 0.1) is 11.3 Å². The average molecular weight is 208 g/mol. The maximum atomic E-state index is 11.3. The molecule has 0 saturated carbocycles. The van der Waals surface area contributed by atoms with Gasteiger partial charge in [-0.05, 0) is 13.0 Å². The molecule has 0 amide bonds. The van der Waals surface area contributed by atoms with Crippen LogP contribution in [-0.2, 0) is 4.74 Å². The number of carbonyl (C=O) groups excluding carboxylic acids is 1. The maximum Gasteiger partial charge on any atom is 0.341 e. The second kappa shape index (κ2) is 4.63. The van der Waals surface area contributed by atoms with Gasteiger partial charge in [0.2, 0.25) is 0 Å². The highest BCUT2D eigenvalue weighted by Gasteiger charge is 2.13. The summed E-state index contributed by atoms with van der Waals surface area (Å²) in [7, 11) is 0. The Balaban J connectivity index is 3.12. The number of pyridine rings is 1. The highest BCUT2D eigenvalue weighted by molar-refractivity contribution is 7.80. The first kappa shape index (κ1) is 10.5. The molecule has 0 aliphatic heterocycles. The molecule has 0 aliphatic rings. The summed E-state index contributed by atoms with van der Waals surface area (Å²) in [6.07, 6.45) is 1.41. The largest absolute Gasteiger partial charge is 0.462 e. The highest BCUT2D eigenvalue weighted by Crippen LogP contribution is 2.12. The molecular formula is C9H8N2O2S. The van der Waals surface area contributed by atoms with Crippen molar-refractivity contribution in [3.63, 3.8) is 0 Å². The van der Waals surface area contributed by atoms with Crippen LogP contribution < -0.4 is 0 Å². The molecule has 0 unspecified atom stereocenters. The molecule has 14 heavy (non-hydrogen) atoms. The quantitative estimate of drug-likeness (QED) is 0.589. The molecule has 1 aromatic rings. The number of hydrogen-bond donors (Lipinski definition) is 1. The van der Waals surface area contributed by atoms with Crippen molar-refractivity contribution >= 4 is 18.6 Å². The Kier molecular flexibility index (Phi) is 3.48. The van der Waals surface area contributed by atoms with E-state index in [-0.39, 0.29) is 17.9 Å². The molecule has 0 aromatic carbocycles. The van der Waals surface area contributed by atoms with Crippen LogP contribution in [0.1, 0.15) is 23.0 Å². The first-order valence-corrected chi connectivity index (χ1v) is 4.40. The van der Waals surface area contributed by atoms with E-state index >= 15 is 0 Å². The monoisotopic (exact) mass is 208 g/mol. The van der Waals surface area contributed by atoms with Crippen molar-refractivity contribution in [1.82, 2.24) is 4.98 Å². The van der Waals surface area contributed by atoms with E-state index in [1.54, 1.807) is 6.92 Å². The average Bonchev–Trinajstić information content (AvgIpc) is 2.18. The number of carbonyl (C=O) groups is 1. The van der Waals surface area contributed by atoms with Crippen LogP contribution in [0.15, 0.2) is 17.2 Å². The number of nitriles is 1. The minimum atomic E-state index is -0.549. The lowest BCUT2D eigenvalue weighted by molar-refractivity contribution is 0.0525. The summed E-state index contributed by atoms with van der Waals surface area (Å²) in [6.45, 7) is 1.96. The lowest BCUT2D eigenvalue weighted by Gasteiger charge is -2.03. The van der Waals surface area contributed by atoms with E-state index in [1.165, 1.54) is 12.3 Å². The fraction of sp³-hybridized carbons (Fsp3) is 0.222. The zero-order chi connectivity index (χ0) is 10.6. The van der Waals surface area contributed by atoms with Crippen molar-refractivity contribution in [3.8, 4) is 6.07 Å². The van der Waals surface area contributed by atoms with Gasteiger partial charge in [0.25, 0.3) is 0 Å². The van der Waals surface area contributed by atoms with Gasteiger partial charge in [-0.25, -0.2) is 9.78 Å². The third-order valence-corrected chi connectivity index (χ3v) is 1.72. The zero-order valence-corrected chi connectivity index (χ0v) is 8.41. The van der Waals surface area contributed by atoms with Crippen molar-refractivity contribution in [3.05, 3.63) is 23.5 Å². The number of rotatable bonds is 2. The second-order valence-corrected chi connectivity index (χ2v) is 2.94. The van der Waals surface area contributed by atoms with Crippen LogP contribution in [0.2, 0.25) is 0 Å². The predicted molar refractivity (Wildman–Crippen MR) is 52.2 cm³/mol. The number of thiol groups is 1. The first-order chi connectivity index (χ1) is 6.69. The van der Waals surface area contributed by atoms with Crippen LogP contribution in [0.25, 0.3) is 0 Å². The summed E-state index contributed by atoms with van der Waals surface area (Å²) in [5.41, 5.74) is 0.211. The summed E-state index contributed by atoms with van der Waals surface area (Å²) < 4.78 is 4.76. The van der Waals surface area contributed by atoms with Gasteiger partial charge < -0.3 is 4.74 Å². The van der Waals surface area contributed by atoms with E-state index in [4.69, 9.17) is 10.00 Å². The molecular weight excluding hydrogens is 200 g/mol. The van der Waals surface area contributed by atoms with Crippen molar-refractivity contribution in [2.75, 3.05) is 6.61 Å². The number of hydrogen-bond acceptors (Lipinski definition) is 5. The van der Waals surface area contributed by atoms with Crippen molar-refractivity contribution in [2.24, 2.45) is 0 Å². The fourth-order valence-electron chi connectivity index (χ4n) is 0.907. The van der Waals surface area contributed by atoms with Gasteiger partial charge in [0.15, 0.2) is 5.69 Å². The van der Waals surface area contributed by atoms with E-state index in [0.29, 0.717) is 4.90 Å². The molecule has 1 aromatic heterocycles. The Bertz CT molecular complexity index is 398. The van der Waals surface area contributed by atoms with E-state index in [9.17, 15) is 4.79 Å². The molecule has 0 N–H and O–H groups in total. The molecule has 0 radical (unpaired) electrons. The van der Waals surface area contributed by atoms with E-state index < -0.39 is 5.97 Å². The summed E-state index contributed by atoms with van der Waals surface area (Å²) >= 11 is 4.02. The van der Waals surface area contributed by atoms with Crippen molar-refractivity contribution in [1.29, 1.82) is 5.26 Å². The smallest absolute Gasteiger partial charge is 0.341 e. The Hall–Kier alpha value is -1.54. The van der Waals surface area contributed by atoms with Crippen LogP contribution in [0.3, 0.4) is 0 Å². The first-order valence-electron chi connectivity index (χ1n) is 3.95. The molecule has 0 aliphatic carbocycles. The van der Waals surface area contributed by atoms with Gasteiger partial charge in [-0.3, -0.25) is 0 Å². The SMILES string of the molecule is CCOC(=O)c1cc(S)cnc1C#N. The molecule has 1 rings (SSSR count). The summed E-state index contributed by atoms with van der Waals surface area (Å²) in [5.74, 6) is -0.549. The Morgan fingerprint density at radius 3 is 3.07 bits per heavy atom. The van der Waals surface area contributed by atoms with Crippen molar-refractivity contribution < 1.29 is 9.53 Å². The van der Waals surface area contributed by atoms with E-state index in [2.05, 4.69) is 17.6 Å². The van der Waals surface area contributed by atoms with Gasteiger partial charge in [0.1, 0.15) is 6.07 Å². The standard InChI is InChI=1S/C9H8N2O2S/c1-2-13-9(12)7-3-6(14)5-11-8(7)4-10/h3,5,14H,2H2,1H3. The van der Waals surface area contributed by atoms with Gasteiger partial charge in [0, 0.05) is 11.1 Å². The minimum absolute atomic E-state index is 0.0567. The van der Waals surface area contributed by atoms with Gasteiger partial charge in [0.05, 0.1) is 12.2 Å². The Morgan fingerprint density at radius 2 is 2.50 bits per heavy atom. The second-order valence-electron chi connectivity index (χ2n) is 2.42. The molecule has 72 valence electrons. The lowest BCUT2D eigenvalue weighted by Crippen LogP contribution is -2.08. The van der Waals surface area contributed by atoms with Gasteiger partial charge in [-0.1, -0.05) is 0 Å². The highest BCUT2D eigenvalue weighted by atomic mass is 32.1. The normalized spacial score (nSPS) is 9.21. The third kappa shape index (κ3) is 2.24. The van der Waals surface area contributed by atoms with E-state index in [1.807, 2.05) is 6.07 Å². The summed E-state index contributed by atoms with van der Waals surface area (Å²) in [6, 6.07) is 3.28. The molecule has 4 nitrogen and oxygen atoms in total. The molecule has 0 atom stereocenters. The number of esters is 1. The molecule has 0 saturated heterocycles. The third-order valence-electron chi connectivity index (χ3n) is 1.47. The van der Waals surface area contributed by atoms with E-state index in [0.717, 1.165) is 0 Å². The van der Waals surface area contributed by atoms with Crippen LogP contribution in [0.4, 0.5) is 0 Å². The topological polar surface area (TPSA) is 63.0 Å². The zero-order valence-electron chi connectivity index (χ0n) is 7.52. The van der Waals surface area contributed by atoms with Gasteiger partial charge in [-0.2, -0.15) is 5.26 Å². The fourth-order valence-corrected chi connectivity index (χ4v) is 1.09. The number of aromatic nitrogens is 1. The maximum absolute atomic E-state index is 11.3. The Labute approximate surface area is 86.9 Å². The number of ether oxygens (including phenoxy) is 1.